The number of amides is 1. The van der Waals surface area contributed by atoms with Crippen LogP contribution in [0.25, 0.3) is 0 Å². The number of rotatable bonds is 5. The minimum Gasteiger partial charge on any atom is -0.506 e. The normalized spacial score (nSPS) is 15.7. The first-order valence-electron chi connectivity index (χ1n) is 10.6. The summed E-state index contributed by atoms with van der Waals surface area (Å²) in [5.41, 5.74) is 16.2. The van der Waals surface area contributed by atoms with Crippen LogP contribution in [0.15, 0.2) is 60.7 Å². The Labute approximate surface area is 193 Å². The molecule has 1 atom stereocenters. The molecule has 0 aliphatic carbocycles. The van der Waals surface area contributed by atoms with Crippen LogP contribution in [0.3, 0.4) is 0 Å². The molecule has 3 aromatic carbocycles. The molecule has 1 aliphatic rings. The van der Waals surface area contributed by atoms with E-state index in [2.05, 4.69) is 24.0 Å². The van der Waals surface area contributed by atoms with Gasteiger partial charge in [0.25, 0.3) is 5.91 Å². The van der Waals surface area contributed by atoms with E-state index in [1.54, 1.807) is 12.1 Å². The number of anilines is 3. The van der Waals surface area contributed by atoms with E-state index < -0.39 is 0 Å². The fraction of sp³-hybridized carbons (Fsp3) is 0.240. The van der Waals surface area contributed by atoms with Crippen molar-refractivity contribution in [1.29, 1.82) is 0 Å². The van der Waals surface area contributed by atoms with Gasteiger partial charge in [-0.05, 0) is 60.9 Å². The lowest BCUT2D eigenvalue weighted by Crippen LogP contribution is -2.39. The summed E-state index contributed by atoms with van der Waals surface area (Å²) in [6.07, 6.45) is 0.820. The van der Waals surface area contributed by atoms with Crippen LogP contribution in [0.4, 0.5) is 17.1 Å². The number of nitrogen functional groups attached to an aromatic ring is 2. The molecule has 166 valence electrons. The first kappa shape index (κ1) is 21.8. The number of nitrogens with two attached hydrogens (primary N) is 2. The first-order valence-corrected chi connectivity index (χ1v) is 10.9. The molecular formula is C25H27ClN4O2. The number of nitrogens with zero attached hydrogens (tertiary/aromatic N) is 2. The summed E-state index contributed by atoms with van der Waals surface area (Å²) in [5.74, 6) is -0.196. The van der Waals surface area contributed by atoms with Crippen LogP contribution in [-0.2, 0) is 6.54 Å². The van der Waals surface area contributed by atoms with E-state index in [-0.39, 0.29) is 23.4 Å². The van der Waals surface area contributed by atoms with E-state index >= 15 is 0 Å². The summed E-state index contributed by atoms with van der Waals surface area (Å²) >= 11 is 6.34. The number of halogens is 1. The van der Waals surface area contributed by atoms with Gasteiger partial charge in [0.1, 0.15) is 5.75 Å². The molecule has 5 N–H and O–H groups in total. The molecule has 1 unspecified atom stereocenters. The Morgan fingerprint density at radius 3 is 2.59 bits per heavy atom. The number of benzene rings is 3. The molecule has 1 amide bonds. The van der Waals surface area contributed by atoms with Crippen molar-refractivity contribution >= 4 is 34.6 Å². The number of phenolic OH excluding ortho intramolecular Hbond substituents is 1. The highest BCUT2D eigenvalue weighted by molar-refractivity contribution is 6.33. The highest BCUT2D eigenvalue weighted by Crippen LogP contribution is 2.31. The van der Waals surface area contributed by atoms with Crippen LogP contribution < -0.4 is 16.4 Å². The maximum absolute atomic E-state index is 13.0. The zero-order valence-corrected chi connectivity index (χ0v) is 18.7. The Morgan fingerprint density at radius 1 is 1.12 bits per heavy atom. The van der Waals surface area contributed by atoms with E-state index in [9.17, 15) is 9.90 Å². The fourth-order valence-electron chi connectivity index (χ4n) is 4.14. The Balaban J connectivity index is 1.60. The van der Waals surface area contributed by atoms with Gasteiger partial charge in [-0.15, -0.1) is 0 Å². The Morgan fingerprint density at radius 2 is 1.88 bits per heavy atom. The third-order valence-corrected chi connectivity index (χ3v) is 6.41. The molecule has 1 fully saturated rings. The molecule has 1 aliphatic heterocycles. The predicted molar refractivity (Wildman–Crippen MR) is 130 cm³/mol. The van der Waals surface area contributed by atoms with Gasteiger partial charge in [-0.3, -0.25) is 4.79 Å². The van der Waals surface area contributed by atoms with Gasteiger partial charge in [0.15, 0.2) is 0 Å². The summed E-state index contributed by atoms with van der Waals surface area (Å²) in [5, 5.41) is 10.4. The predicted octanol–water partition coefficient (Wildman–Crippen LogP) is 4.44. The van der Waals surface area contributed by atoms with Crippen molar-refractivity contribution in [2.45, 2.75) is 25.9 Å². The van der Waals surface area contributed by atoms with Gasteiger partial charge in [0, 0.05) is 36.9 Å². The summed E-state index contributed by atoms with van der Waals surface area (Å²) in [4.78, 5) is 17.2. The molecule has 0 saturated carbocycles. The van der Waals surface area contributed by atoms with E-state index in [4.69, 9.17) is 23.1 Å². The molecule has 6 nitrogen and oxygen atoms in total. The van der Waals surface area contributed by atoms with Crippen LogP contribution in [0.5, 0.6) is 5.75 Å². The van der Waals surface area contributed by atoms with Gasteiger partial charge in [-0.2, -0.15) is 0 Å². The second-order valence-electron chi connectivity index (χ2n) is 8.23. The summed E-state index contributed by atoms with van der Waals surface area (Å²) in [6, 6.07) is 18.7. The minimum absolute atomic E-state index is 0.0794. The van der Waals surface area contributed by atoms with Crippen molar-refractivity contribution < 1.29 is 9.90 Å². The average Bonchev–Trinajstić information content (AvgIpc) is 3.26. The van der Waals surface area contributed by atoms with Crippen molar-refractivity contribution in [2.75, 3.05) is 29.5 Å². The largest absolute Gasteiger partial charge is 0.506 e. The molecule has 7 heteroatoms. The molecule has 0 aromatic heterocycles. The van der Waals surface area contributed by atoms with E-state index in [0.29, 0.717) is 35.9 Å². The molecular weight excluding hydrogens is 424 g/mol. The number of phenols is 1. The van der Waals surface area contributed by atoms with Crippen LogP contribution in [0.1, 0.15) is 27.9 Å². The molecule has 1 heterocycles. The Hall–Kier alpha value is -3.38. The van der Waals surface area contributed by atoms with Crippen LogP contribution in [0, 0.1) is 6.92 Å². The first-order chi connectivity index (χ1) is 15.3. The van der Waals surface area contributed by atoms with Gasteiger partial charge in [-0.25, -0.2) is 0 Å². The summed E-state index contributed by atoms with van der Waals surface area (Å²) in [6.45, 7) is 3.99. The van der Waals surface area contributed by atoms with Crippen molar-refractivity contribution in [1.82, 2.24) is 4.90 Å². The SMILES string of the molecule is Cc1ccccc1CN(c1ccc(N)c(Cl)c1)C1CCN(C(=O)c2ccc(N)c(O)c2)C1. The maximum atomic E-state index is 13.0. The van der Waals surface area contributed by atoms with E-state index in [1.807, 2.05) is 35.2 Å². The van der Waals surface area contributed by atoms with Crippen LogP contribution >= 0.6 is 11.6 Å². The van der Waals surface area contributed by atoms with Crippen molar-refractivity contribution in [3.05, 3.63) is 82.4 Å². The summed E-state index contributed by atoms with van der Waals surface area (Å²) in [7, 11) is 0. The summed E-state index contributed by atoms with van der Waals surface area (Å²) < 4.78 is 0. The van der Waals surface area contributed by atoms with Gasteiger partial charge in [0.05, 0.1) is 16.4 Å². The van der Waals surface area contributed by atoms with E-state index in [1.165, 1.54) is 17.2 Å². The van der Waals surface area contributed by atoms with Crippen LogP contribution in [-0.4, -0.2) is 35.0 Å². The third-order valence-electron chi connectivity index (χ3n) is 6.09. The number of carbonyl (C=O) groups excluding carboxylic acids is 1. The number of likely N-dealkylation sites (tertiary alicyclic amines) is 1. The van der Waals surface area contributed by atoms with Crippen LogP contribution in [0.2, 0.25) is 5.02 Å². The number of hydrogen-bond acceptors (Lipinski definition) is 5. The standard InChI is InChI=1S/C25H27ClN4O2/c1-16-4-2-3-5-18(16)14-30(19-7-9-22(27)21(26)13-19)20-10-11-29(15-20)25(32)17-6-8-23(28)24(31)12-17/h2-9,12-13,20,31H,10-11,14-15,27-28H2,1H3. The zero-order chi connectivity index (χ0) is 22.8. The molecule has 0 radical (unpaired) electrons. The van der Waals surface area contributed by atoms with Crippen molar-refractivity contribution in [3.8, 4) is 5.75 Å². The zero-order valence-electron chi connectivity index (χ0n) is 18.0. The quantitative estimate of drug-likeness (QED) is 0.394. The Bertz CT molecular complexity index is 1150. The lowest BCUT2D eigenvalue weighted by atomic mass is 10.1. The Kier molecular flexibility index (Phi) is 6.15. The van der Waals surface area contributed by atoms with Crippen molar-refractivity contribution in [3.63, 3.8) is 0 Å². The fourth-order valence-corrected chi connectivity index (χ4v) is 4.31. The molecule has 32 heavy (non-hydrogen) atoms. The monoisotopic (exact) mass is 450 g/mol. The van der Waals surface area contributed by atoms with Gasteiger partial charge < -0.3 is 26.4 Å². The van der Waals surface area contributed by atoms with Gasteiger partial charge in [0.2, 0.25) is 0 Å². The lowest BCUT2D eigenvalue weighted by Gasteiger charge is -2.32. The molecule has 4 rings (SSSR count). The number of aryl methyl sites for hydroxylation is 1. The minimum atomic E-state index is -0.117. The molecule has 0 spiro atoms. The van der Waals surface area contributed by atoms with Crippen molar-refractivity contribution in [2.24, 2.45) is 0 Å². The number of hydrogen-bond donors (Lipinski definition) is 3. The molecule has 1 saturated heterocycles. The maximum Gasteiger partial charge on any atom is 0.254 e. The lowest BCUT2D eigenvalue weighted by molar-refractivity contribution is 0.0790. The second-order valence-corrected chi connectivity index (χ2v) is 8.63. The highest BCUT2D eigenvalue weighted by Gasteiger charge is 2.32. The van der Waals surface area contributed by atoms with Gasteiger partial charge in [-0.1, -0.05) is 35.9 Å². The molecule has 0 bridgehead atoms. The highest BCUT2D eigenvalue weighted by atomic mass is 35.5. The second kappa shape index (κ2) is 9.01. The number of aromatic hydroxyl groups is 1. The average molecular weight is 451 g/mol. The van der Waals surface area contributed by atoms with E-state index in [0.717, 1.165) is 12.1 Å². The number of carbonyl (C=O) groups is 1. The smallest absolute Gasteiger partial charge is 0.254 e. The molecule has 3 aromatic rings. The third kappa shape index (κ3) is 4.46. The topological polar surface area (TPSA) is 95.8 Å². The van der Waals surface area contributed by atoms with Gasteiger partial charge >= 0.3 is 0 Å².